The second kappa shape index (κ2) is 2.18. The Morgan fingerprint density at radius 1 is 1.62 bits per heavy atom. The van der Waals surface area contributed by atoms with E-state index >= 15 is 0 Å². The lowest BCUT2D eigenvalue weighted by Gasteiger charge is -2.14. The van der Waals surface area contributed by atoms with Gasteiger partial charge in [-0.25, -0.2) is 0 Å². The van der Waals surface area contributed by atoms with E-state index in [1.807, 2.05) is 6.08 Å². The summed E-state index contributed by atoms with van der Waals surface area (Å²) in [5.74, 6) is 0. The topological polar surface area (TPSA) is 52.0 Å². The van der Waals surface area contributed by atoms with Crippen LogP contribution in [0.2, 0.25) is 0 Å². The molecule has 4 N–H and O–H groups in total. The first-order valence-corrected chi connectivity index (χ1v) is 2.99. The van der Waals surface area contributed by atoms with Crippen molar-refractivity contribution in [3.8, 4) is 0 Å². The number of allylic oxidation sites excluding steroid dienone is 1. The summed E-state index contributed by atoms with van der Waals surface area (Å²) in [5, 5.41) is 0. The first-order valence-electron chi connectivity index (χ1n) is 2.99. The van der Waals surface area contributed by atoms with Gasteiger partial charge in [0, 0.05) is 11.7 Å². The van der Waals surface area contributed by atoms with Gasteiger partial charge >= 0.3 is 0 Å². The second-order valence-electron chi connectivity index (χ2n) is 2.31. The Kier molecular flexibility index (Phi) is 1.53. The van der Waals surface area contributed by atoms with Crippen molar-refractivity contribution in [1.29, 1.82) is 0 Å². The van der Waals surface area contributed by atoms with Gasteiger partial charge in [0.2, 0.25) is 0 Å². The van der Waals surface area contributed by atoms with E-state index in [9.17, 15) is 0 Å². The van der Waals surface area contributed by atoms with Gasteiger partial charge in [0.1, 0.15) is 0 Å². The summed E-state index contributed by atoms with van der Waals surface area (Å²) < 4.78 is 0. The quantitative estimate of drug-likeness (QED) is 0.474. The van der Waals surface area contributed by atoms with Crippen LogP contribution in [0.25, 0.3) is 0 Å². The van der Waals surface area contributed by atoms with Crippen molar-refractivity contribution in [3.63, 3.8) is 0 Å². The van der Waals surface area contributed by atoms with Gasteiger partial charge in [-0.05, 0) is 19.3 Å². The van der Waals surface area contributed by atoms with Gasteiger partial charge in [-0.15, -0.1) is 0 Å². The monoisotopic (exact) mass is 112 g/mol. The van der Waals surface area contributed by atoms with Gasteiger partial charge < -0.3 is 11.5 Å². The highest BCUT2D eigenvalue weighted by atomic mass is 14.7. The molecular weight excluding hydrogens is 100 g/mol. The molecule has 0 saturated heterocycles. The molecule has 1 rings (SSSR count). The maximum absolute atomic E-state index is 5.60. The highest BCUT2D eigenvalue weighted by Gasteiger charge is 2.06. The van der Waals surface area contributed by atoms with E-state index in [-0.39, 0.29) is 0 Å². The van der Waals surface area contributed by atoms with Crippen LogP contribution in [0.5, 0.6) is 0 Å². The van der Waals surface area contributed by atoms with Crippen LogP contribution in [0.3, 0.4) is 0 Å². The normalized spacial score (nSPS) is 29.6. The van der Waals surface area contributed by atoms with Crippen molar-refractivity contribution in [3.05, 3.63) is 11.8 Å². The average Bonchev–Trinajstić information content (AvgIpc) is 1.77. The number of nitrogens with two attached hydrogens (primary N) is 2. The first kappa shape index (κ1) is 5.63. The lowest BCUT2D eigenvalue weighted by Crippen LogP contribution is -2.23. The lowest BCUT2D eigenvalue weighted by molar-refractivity contribution is 0.587. The fourth-order valence-corrected chi connectivity index (χ4v) is 0.875. The maximum Gasteiger partial charge on any atom is 0.00778 e. The fraction of sp³-hybridized carbons (Fsp3) is 0.667. The fourth-order valence-electron chi connectivity index (χ4n) is 0.875. The smallest absolute Gasteiger partial charge is 0.00778 e. The van der Waals surface area contributed by atoms with Crippen LogP contribution in [-0.2, 0) is 0 Å². The highest BCUT2D eigenvalue weighted by Crippen LogP contribution is 2.11. The van der Waals surface area contributed by atoms with E-state index in [2.05, 4.69) is 0 Å². The zero-order valence-electron chi connectivity index (χ0n) is 4.93. The van der Waals surface area contributed by atoms with E-state index < -0.39 is 0 Å². The standard InChI is InChI=1S/C6H12N2/c7-5-1-2-6(8)4-3-5/h1,6H,2-4,7-8H2/t6-/m1/s1. The third-order valence-corrected chi connectivity index (χ3v) is 1.49. The Bertz CT molecular complexity index is 107. The molecule has 0 aromatic rings. The molecule has 0 fully saturated rings. The summed E-state index contributed by atoms with van der Waals surface area (Å²) in [6.45, 7) is 0. The molecule has 0 aliphatic heterocycles. The van der Waals surface area contributed by atoms with Crippen molar-refractivity contribution in [2.75, 3.05) is 0 Å². The van der Waals surface area contributed by atoms with Crippen LogP contribution in [0.15, 0.2) is 11.8 Å². The minimum Gasteiger partial charge on any atom is -0.402 e. The summed E-state index contributed by atoms with van der Waals surface area (Å²) in [5.41, 5.74) is 12.1. The zero-order valence-corrected chi connectivity index (χ0v) is 4.93. The molecule has 1 aliphatic rings. The minimum absolute atomic E-state index is 0.363. The van der Waals surface area contributed by atoms with Gasteiger partial charge in [-0.1, -0.05) is 6.08 Å². The van der Waals surface area contributed by atoms with Crippen molar-refractivity contribution >= 4 is 0 Å². The van der Waals surface area contributed by atoms with Crippen LogP contribution in [-0.4, -0.2) is 6.04 Å². The Balaban J connectivity index is 2.42. The molecule has 2 nitrogen and oxygen atoms in total. The van der Waals surface area contributed by atoms with Crippen LogP contribution >= 0.6 is 0 Å². The molecule has 2 heteroatoms. The van der Waals surface area contributed by atoms with Gasteiger partial charge in [0.25, 0.3) is 0 Å². The van der Waals surface area contributed by atoms with Gasteiger partial charge in [0.15, 0.2) is 0 Å². The van der Waals surface area contributed by atoms with E-state index in [1.165, 1.54) is 0 Å². The SMILES string of the molecule is NC1=CC[C@@H](N)CC1. The van der Waals surface area contributed by atoms with Crippen molar-refractivity contribution in [2.45, 2.75) is 25.3 Å². The predicted molar refractivity (Wildman–Crippen MR) is 34.1 cm³/mol. The third kappa shape index (κ3) is 1.23. The molecule has 0 radical (unpaired) electrons. The lowest BCUT2D eigenvalue weighted by atomic mass is 10.0. The molecule has 1 atom stereocenters. The Morgan fingerprint density at radius 2 is 2.38 bits per heavy atom. The summed E-state index contributed by atoms with van der Waals surface area (Å²) in [6, 6.07) is 0.363. The van der Waals surface area contributed by atoms with Crippen LogP contribution < -0.4 is 11.5 Å². The van der Waals surface area contributed by atoms with Crippen molar-refractivity contribution < 1.29 is 0 Å². The molecule has 8 heavy (non-hydrogen) atoms. The minimum atomic E-state index is 0.363. The Labute approximate surface area is 49.5 Å². The van der Waals surface area contributed by atoms with Gasteiger partial charge in [-0.2, -0.15) is 0 Å². The molecule has 1 aliphatic carbocycles. The maximum atomic E-state index is 5.60. The van der Waals surface area contributed by atoms with Gasteiger partial charge in [0.05, 0.1) is 0 Å². The number of hydrogen-bond donors (Lipinski definition) is 2. The van der Waals surface area contributed by atoms with E-state index in [4.69, 9.17) is 11.5 Å². The molecule has 0 bridgehead atoms. The Hall–Kier alpha value is -0.500. The van der Waals surface area contributed by atoms with Crippen LogP contribution in [0.4, 0.5) is 0 Å². The summed E-state index contributed by atoms with van der Waals surface area (Å²) >= 11 is 0. The van der Waals surface area contributed by atoms with Crippen molar-refractivity contribution in [1.82, 2.24) is 0 Å². The largest absolute Gasteiger partial charge is 0.402 e. The first-order chi connectivity index (χ1) is 3.79. The average molecular weight is 112 g/mol. The Morgan fingerprint density at radius 3 is 2.75 bits per heavy atom. The summed E-state index contributed by atoms with van der Waals surface area (Å²) in [6.07, 6.45) is 5.03. The molecule has 0 spiro atoms. The van der Waals surface area contributed by atoms with Gasteiger partial charge in [-0.3, -0.25) is 0 Å². The third-order valence-electron chi connectivity index (χ3n) is 1.49. The van der Waals surface area contributed by atoms with Crippen LogP contribution in [0.1, 0.15) is 19.3 Å². The van der Waals surface area contributed by atoms with E-state index in [1.54, 1.807) is 0 Å². The van der Waals surface area contributed by atoms with Crippen LogP contribution in [0, 0.1) is 0 Å². The molecular formula is C6H12N2. The zero-order chi connectivity index (χ0) is 5.98. The van der Waals surface area contributed by atoms with Crippen molar-refractivity contribution in [2.24, 2.45) is 11.5 Å². The number of hydrogen-bond acceptors (Lipinski definition) is 2. The molecule has 0 saturated carbocycles. The highest BCUT2D eigenvalue weighted by molar-refractivity contribution is 5.02. The molecule has 0 amide bonds. The molecule has 46 valence electrons. The molecule has 0 aromatic heterocycles. The predicted octanol–water partition coefficient (Wildman–Crippen LogP) is 0.340. The summed E-state index contributed by atoms with van der Waals surface area (Å²) in [4.78, 5) is 0. The molecule has 0 aromatic carbocycles. The number of rotatable bonds is 0. The second-order valence-corrected chi connectivity index (χ2v) is 2.31. The molecule has 0 heterocycles. The van der Waals surface area contributed by atoms with E-state index in [0.717, 1.165) is 25.0 Å². The summed E-state index contributed by atoms with van der Waals surface area (Å²) in [7, 11) is 0. The molecule has 0 unspecified atom stereocenters. The van der Waals surface area contributed by atoms with E-state index in [0.29, 0.717) is 6.04 Å².